The number of allylic oxidation sites excluding steroid dienone is 2. The highest BCUT2D eigenvalue weighted by atomic mass is 16.8. The third kappa shape index (κ3) is 21.4. The van der Waals surface area contributed by atoms with E-state index in [4.69, 9.17) is 114 Å². The van der Waals surface area contributed by atoms with E-state index in [1.807, 2.05) is 81.4 Å². The number of ether oxygens (including phenoxy) is 24. The molecule has 854 valence electrons. The second-order valence-corrected chi connectivity index (χ2v) is 48.4. The molecule has 38 nitrogen and oxygen atoms in total. The maximum Gasteiger partial charge on any atom is 0.330 e. The number of hydrogen-bond acceptors (Lipinski definition) is 38. The van der Waals surface area contributed by atoms with Crippen LogP contribution in [0.5, 0.6) is 0 Å². The quantitative estimate of drug-likeness (QED) is 0.0166. The minimum atomic E-state index is -2.32. The lowest BCUT2D eigenvalue weighted by molar-refractivity contribution is -0.346. The van der Waals surface area contributed by atoms with Crippen LogP contribution in [0.1, 0.15) is 273 Å². The van der Waals surface area contributed by atoms with Crippen molar-refractivity contribution in [1.29, 1.82) is 0 Å². The van der Waals surface area contributed by atoms with Gasteiger partial charge in [0.25, 0.3) is 0 Å². The van der Waals surface area contributed by atoms with Gasteiger partial charge >= 0.3 is 11.9 Å². The van der Waals surface area contributed by atoms with E-state index >= 15 is 4.79 Å². The van der Waals surface area contributed by atoms with Crippen LogP contribution in [0.25, 0.3) is 0 Å². The zero-order chi connectivity index (χ0) is 109. The van der Waals surface area contributed by atoms with Crippen LogP contribution < -0.4 is 0 Å². The first-order chi connectivity index (χ1) is 70.7. The lowest BCUT2D eigenvalue weighted by Gasteiger charge is -2.67. The number of aliphatic hydroxyl groups is 10. The van der Waals surface area contributed by atoms with Crippen molar-refractivity contribution < 1.29 is 184 Å². The highest BCUT2D eigenvalue weighted by Gasteiger charge is 2.83. The van der Waals surface area contributed by atoms with Crippen LogP contribution in [0.15, 0.2) is 46.6 Å². The molecule has 0 aromatic carbocycles. The molecule has 0 spiro atoms. The van der Waals surface area contributed by atoms with E-state index in [-0.39, 0.29) is 88.9 Å². The van der Waals surface area contributed by atoms with E-state index in [9.17, 15) is 65.4 Å². The van der Waals surface area contributed by atoms with Crippen molar-refractivity contribution in [2.75, 3.05) is 55.9 Å². The Bertz CT molecular complexity index is 4770. The highest BCUT2D eigenvalue weighted by molar-refractivity contribution is 5.88. The average Bonchev–Trinajstić information content (AvgIpc) is 1.46. The second-order valence-electron chi connectivity index (χ2n) is 48.4. The number of ketones is 2. The third-order valence-corrected chi connectivity index (χ3v) is 40.2. The van der Waals surface area contributed by atoms with Crippen LogP contribution in [0.4, 0.5) is 0 Å². The first-order valence-corrected chi connectivity index (χ1v) is 55.4. The van der Waals surface area contributed by atoms with Gasteiger partial charge in [0, 0.05) is 154 Å². The van der Waals surface area contributed by atoms with Gasteiger partial charge in [-0.2, -0.15) is 0 Å². The van der Waals surface area contributed by atoms with E-state index in [2.05, 4.69) is 6.92 Å². The number of aliphatic hydroxyl groups excluding tert-OH is 4. The number of Topliss-reactive ketones (excluding diaryl/α,β-unsaturated/α-hetero) is 2. The van der Waals surface area contributed by atoms with Gasteiger partial charge in [-0.15, -0.1) is 0 Å². The van der Waals surface area contributed by atoms with E-state index in [1.165, 1.54) is 32.9 Å². The fourth-order valence-corrected chi connectivity index (χ4v) is 30.7. The minimum Gasteiger partial charge on any atom is -0.458 e. The molecule has 16 aliphatic rings. The van der Waals surface area contributed by atoms with E-state index in [0.29, 0.717) is 82.6 Å². The first kappa shape index (κ1) is 118. The highest BCUT2D eigenvalue weighted by Crippen LogP contribution is 2.74. The molecule has 10 N–H and O–H groups in total. The summed E-state index contributed by atoms with van der Waals surface area (Å²) in [4.78, 5) is 59.8. The fourth-order valence-electron chi connectivity index (χ4n) is 30.7. The number of carbonyl (C=O) groups excluding carboxylic acids is 4. The number of methoxy groups -OCH3 is 6. The largest absolute Gasteiger partial charge is 0.458 e. The Balaban J connectivity index is 0.582. The summed E-state index contributed by atoms with van der Waals surface area (Å²) in [5, 5.41) is 124. The van der Waals surface area contributed by atoms with Gasteiger partial charge in [0.15, 0.2) is 61.9 Å². The number of hydrogen-bond donors (Lipinski definition) is 10. The third-order valence-electron chi connectivity index (χ3n) is 40.2. The molecule has 16 rings (SSSR count). The number of carbonyl (C=O) groups is 4. The van der Waals surface area contributed by atoms with Crippen molar-refractivity contribution in [1.82, 2.24) is 0 Å². The average molecular weight is 2130 g/mol. The van der Waals surface area contributed by atoms with E-state index in [0.717, 1.165) is 11.1 Å². The summed E-state index contributed by atoms with van der Waals surface area (Å²) in [5.74, 6) is -8.13. The maximum atomic E-state index is 15.7. The molecule has 14 fully saturated rings. The topological polar surface area (TPSA) is 492 Å². The van der Waals surface area contributed by atoms with Crippen LogP contribution >= 0.6 is 0 Å². The van der Waals surface area contributed by atoms with Crippen molar-refractivity contribution in [3.05, 3.63) is 46.6 Å². The molecule has 2 bridgehead atoms. The summed E-state index contributed by atoms with van der Waals surface area (Å²) in [6.07, 6.45) is -11.8. The van der Waals surface area contributed by atoms with Crippen LogP contribution in [0.3, 0.4) is 0 Å². The summed E-state index contributed by atoms with van der Waals surface area (Å²) in [7, 11) is 9.66. The van der Waals surface area contributed by atoms with Gasteiger partial charge < -0.3 is 165 Å². The zero-order valence-electron chi connectivity index (χ0n) is 92.9. The van der Waals surface area contributed by atoms with Gasteiger partial charge in [0.2, 0.25) is 0 Å². The molecule has 38 unspecified atom stereocenters. The summed E-state index contributed by atoms with van der Waals surface area (Å²) < 4.78 is 155. The first-order valence-electron chi connectivity index (χ1n) is 55.4. The van der Waals surface area contributed by atoms with Gasteiger partial charge in [-0.25, -0.2) is 9.59 Å². The second kappa shape index (κ2) is 46.2. The Labute approximate surface area is 884 Å². The maximum absolute atomic E-state index is 15.7. The molecule has 0 amide bonds. The Morgan fingerprint density at radius 1 is 0.380 bits per heavy atom. The molecule has 0 radical (unpaired) electrons. The molecule has 0 aromatic rings. The fraction of sp³-hybridized carbons (Fsp3) is 0.893. The normalized spacial score (nSPS) is 50.2. The Kier molecular flexibility index (Phi) is 36.5. The summed E-state index contributed by atoms with van der Waals surface area (Å²) in [5.41, 5.74) is -16.1. The predicted molar refractivity (Wildman–Crippen MR) is 535 cm³/mol. The lowest BCUT2D eigenvalue weighted by atomic mass is 9.42. The summed E-state index contributed by atoms with van der Waals surface area (Å²) in [6, 6.07) is 0. The number of esters is 2. The van der Waals surface area contributed by atoms with E-state index < -0.39 is 323 Å². The minimum absolute atomic E-state index is 0.0754. The molecule has 150 heavy (non-hydrogen) atoms. The van der Waals surface area contributed by atoms with E-state index in [1.54, 1.807) is 77.3 Å². The van der Waals surface area contributed by atoms with Gasteiger partial charge in [0.05, 0.1) is 121 Å². The van der Waals surface area contributed by atoms with Crippen molar-refractivity contribution >= 4 is 23.5 Å². The van der Waals surface area contributed by atoms with Crippen LogP contribution in [0, 0.1) is 63.1 Å². The smallest absolute Gasteiger partial charge is 0.330 e. The Morgan fingerprint density at radius 3 is 1.03 bits per heavy atom. The molecule has 8 saturated heterocycles. The van der Waals surface area contributed by atoms with Crippen LogP contribution in [-0.4, -0.2) is 373 Å². The lowest BCUT2D eigenvalue weighted by Crippen LogP contribution is -2.78. The SMILES string of the molecule is COC1CC(OC2C(C)OC(OC3C(C)OC(OC4CC[C@@]5(C)C(=CC[C@]6(O)C5C[C@@H](OC(=O)/C=C(\C)C(C)C5[C@]7(O)CC[C@@](O)(C(C)=O)[C@@]5(C)[C@H](OC(=O)/C=C(\C)C(C)C)CC5[C@@]8(C)CCC(OC9CC(OC)C(OC%10CC(OC)C(OC%11CC(OC)C(OC%12CC(CO)C(O)C(C)O%12)C(C)O%11)C(C)O%10)C(C)O9)CC8=CC[C@]57O)[C@@]5(C)[C@]6(O)CC[C@@]5(O)C(C)=O)C4)CC3OC)CC2OC)OC(C)C1OC1CC(CO)C(O)C(C)O1. The molecule has 6 saturated carbocycles. The molecule has 50 atom stereocenters. The van der Waals surface area contributed by atoms with Gasteiger partial charge in [-0.05, 0) is 203 Å². The summed E-state index contributed by atoms with van der Waals surface area (Å²) in [6.45, 7) is 33.3. The van der Waals surface area contributed by atoms with Crippen LogP contribution in [-0.2, 0) is 133 Å². The molecule has 8 aliphatic carbocycles. The van der Waals surface area contributed by atoms with Crippen molar-refractivity contribution in [3.8, 4) is 0 Å². The molecule has 38 heteroatoms. The van der Waals surface area contributed by atoms with Crippen LogP contribution in [0.2, 0.25) is 0 Å². The molecule has 8 aliphatic heterocycles. The number of fused-ring (bicyclic) bond motifs is 11. The van der Waals surface area contributed by atoms with Gasteiger partial charge in [0.1, 0.15) is 76.8 Å². The number of rotatable bonds is 33. The standard InChI is InChI=1S/C112H178O38/c1-54(2)55(3)38-84(117)143-82-50-80-103(16)30-28-72(141-88-44-74(127-20)98(60(8)135-88)147-92-48-78(131-24)100(64(12)139-92)149-90-46-76(129-22)96(62(10)137-90)145-86-40-68(52-113)94(119)58(6)133-86)42-70(103)26-32-109(80,123)111(125)35-34-107(121,66(14)115)105(82,18)102(111)57(5)56(4)39-85(118)144-83-51-81-104(17)31-29-73(43-71(104)27-33-110(81,124)112(126)37-36-108(122,67(15)116)106(83,112)19)142-89-45-75(128-21)99(61(9)136-89)148-93-49-79(132-25)101(65(13)140-93)150-91-47-77(130-23)97(63(11)138-91)146-87-41-69(53-114)95(120)59(7)134-87/h26-27,38-39,54,57-65,68-69,72-83,86-102,113-114,119-126H,28-37,40-53H2,1-25H3/b55-38+,56-39+/t57?,58?,59?,60?,61?,62?,63?,64?,65?,68?,69?,72?,73?,74?,75?,76?,77?,78?,79?,80?,81?,82-,83-,86?,87?,88?,89?,90?,91?,92?,93?,94?,95?,96?,97?,98?,99?,100?,101?,102?,103+,104+,105+,106-,107-,108-,109+,110+,111-,112-/m1/s1. The molecular formula is C112H178O38. The molecule has 0 aromatic heterocycles. The van der Waals surface area contributed by atoms with Gasteiger partial charge in [-0.3, -0.25) is 9.59 Å². The summed E-state index contributed by atoms with van der Waals surface area (Å²) >= 11 is 0. The van der Waals surface area contributed by atoms with Gasteiger partial charge in [-0.1, -0.05) is 76.0 Å². The van der Waals surface area contributed by atoms with Crippen molar-refractivity contribution in [3.63, 3.8) is 0 Å². The van der Waals surface area contributed by atoms with Crippen molar-refractivity contribution in [2.45, 2.75) is 515 Å². The zero-order valence-corrected chi connectivity index (χ0v) is 92.9. The Hall–Kier alpha value is -4.04. The Morgan fingerprint density at radius 2 is 0.687 bits per heavy atom. The monoisotopic (exact) mass is 2130 g/mol. The van der Waals surface area contributed by atoms with Crippen molar-refractivity contribution in [2.24, 2.45) is 63.1 Å². The molecule has 8 heterocycles. The molecular weight excluding hydrogens is 1950 g/mol. The predicted octanol–water partition coefficient (Wildman–Crippen LogP) is 9.05.